The third-order valence-corrected chi connectivity index (χ3v) is 5.65. The second-order valence-electron chi connectivity index (χ2n) is 5.10. The molecular weight excluding hydrogens is 358 g/mol. The van der Waals surface area contributed by atoms with E-state index >= 15 is 0 Å². The van der Waals surface area contributed by atoms with Gasteiger partial charge in [-0.2, -0.15) is 4.31 Å². The number of nitrogens with one attached hydrogen (secondary N) is 1. The van der Waals surface area contributed by atoms with E-state index in [-0.39, 0.29) is 4.90 Å². The summed E-state index contributed by atoms with van der Waals surface area (Å²) in [6.45, 7) is 1.46. The Hall–Kier alpha value is -0.700. The van der Waals surface area contributed by atoms with Gasteiger partial charge in [-0.3, -0.25) is 0 Å². The van der Waals surface area contributed by atoms with Gasteiger partial charge in [-0.25, -0.2) is 13.4 Å². The molecule has 1 aliphatic rings. The number of pyridine rings is 1. The van der Waals surface area contributed by atoms with E-state index in [0.29, 0.717) is 29.4 Å². The molecule has 1 saturated carbocycles. The van der Waals surface area contributed by atoms with E-state index in [1.165, 1.54) is 17.1 Å². The van der Waals surface area contributed by atoms with Crippen molar-refractivity contribution >= 4 is 31.8 Å². The quantitative estimate of drug-likeness (QED) is 0.700. The van der Waals surface area contributed by atoms with Crippen molar-refractivity contribution in [3.05, 3.63) is 16.7 Å². The van der Waals surface area contributed by atoms with Crippen LogP contribution < -0.4 is 5.32 Å². The SMILES string of the molecule is CNc1ncc(Br)cc1S(=O)(=O)N(C)CCOCC1CC1. The lowest BCUT2D eigenvalue weighted by atomic mass is 10.4. The summed E-state index contributed by atoms with van der Waals surface area (Å²) in [5.74, 6) is 1.01. The van der Waals surface area contributed by atoms with Crippen molar-refractivity contribution in [1.82, 2.24) is 9.29 Å². The van der Waals surface area contributed by atoms with Crippen LogP contribution in [0.4, 0.5) is 5.82 Å². The summed E-state index contributed by atoms with van der Waals surface area (Å²) in [7, 11) is -0.392. The summed E-state index contributed by atoms with van der Waals surface area (Å²) in [6.07, 6.45) is 4.01. The van der Waals surface area contributed by atoms with Crippen molar-refractivity contribution in [2.24, 2.45) is 5.92 Å². The summed E-state index contributed by atoms with van der Waals surface area (Å²) < 4.78 is 32.6. The smallest absolute Gasteiger partial charge is 0.246 e. The zero-order valence-corrected chi connectivity index (χ0v) is 14.6. The van der Waals surface area contributed by atoms with E-state index in [4.69, 9.17) is 4.74 Å². The van der Waals surface area contributed by atoms with Crippen LogP contribution in [0.3, 0.4) is 0 Å². The minimum absolute atomic E-state index is 0.157. The second-order valence-corrected chi connectivity index (χ2v) is 8.02. The van der Waals surface area contributed by atoms with E-state index in [1.54, 1.807) is 26.4 Å². The first-order valence-corrected chi connectivity index (χ1v) is 9.06. The Labute approximate surface area is 134 Å². The molecule has 0 spiro atoms. The molecule has 0 aliphatic heterocycles. The predicted molar refractivity (Wildman–Crippen MR) is 84.8 cm³/mol. The first-order valence-electron chi connectivity index (χ1n) is 6.82. The highest BCUT2D eigenvalue weighted by Crippen LogP contribution is 2.29. The van der Waals surface area contributed by atoms with Crippen LogP contribution in [-0.4, -0.2) is 51.6 Å². The molecule has 21 heavy (non-hydrogen) atoms. The van der Waals surface area contributed by atoms with Crippen LogP contribution in [0.1, 0.15) is 12.8 Å². The van der Waals surface area contributed by atoms with Crippen LogP contribution in [0, 0.1) is 5.92 Å². The van der Waals surface area contributed by atoms with Crippen LogP contribution in [0.15, 0.2) is 21.6 Å². The van der Waals surface area contributed by atoms with Crippen LogP contribution in [-0.2, 0) is 14.8 Å². The predicted octanol–water partition coefficient (Wildman–Crippen LogP) is 1.93. The number of anilines is 1. The zero-order chi connectivity index (χ0) is 15.5. The number of sulfonamides is 1. The zero-order valence-electron chi connectivity index (χ0n) is 12.2. The van der Waals surface area contributed by atoms with Gasteiger partial charge in [-0.15, -0.1) is 0 Å². The Bertz CT molecular complexity index is 590. The Balaban J connectivity index is 2.03. The molecule has 1 N–H and O–H groups in total. The normalized spacial score (nSPS) is 15.4. The molecule has 8 heteroatoms. The molecule has 0 amide bonds. The molecule has 1 fully saturated rings. The molecule has 1 aromatic heterocycles. The highest BCUT2D eigenvalue weighted by Gasteiger charge is 2.25. The minimum atomic E-state index is -3.59. The molecular formula is C13H20BrN3O3S. The first kappa shape index (κ1) is 16.7. The number of hydrogen-bond acceptors (Lipinski definition) is 5. The summed E-state index contributed by atoms with van der Waals surface area (Å²) in [6, 6.07) is 1.55. The Kier molecular flexibility index (Phi) is 5.59. The number of halogens is 1. The number of likely N-dealkylation sites (N-methyl/N-ethyl adjacent to an activating group) is 1. The average molecular weight is 378 g/mol. The molecule has 0 bridgehead atoms. The monoisotopic (exact) mass is 377 g/mol. The molecule has 118 valence electrons. The minimum Gasteiger partial charge on any atom is -0.380 e. The second kappa shape index (κ2) is 7.04. The molecule has 1 aliphatic carbocycles. The van der Waals surface area contributed by atoms with Gasteiger partial charge in [0.25, 0.3) is 0 Å². The van der Waals surface area contributed by atoms with Crippen molar-refractivity contribution in [2.45, 2.75) is 17.7 Å². The lowest BCUT2D eigenvalue weighted by molar-refractivity contribution is 0.117. The fourth-order valence-corrected chi connectivity index (χ4v) is 3.63. The molecule has 1 aromatic rings. The molecule has 2 rings (SSSR count). The lowest BCUT2D eigenvalue weighted by Crippen LogP contribution is -2.31. The molecule has 0 radical (unpaired) electrons. The summed E-state index contributed by atoms with van der Waals surface area (Å²) >= 11 is 3.26. The maximum Gasteiger partial charge on any atom is 0.246 e. The van der Waals surface area contributed by atoms with Gasteiger partial charge < -0.3 is 10.1 Å². The van der Waals surface area contributed by atoms with Crippen molar-refractivity contribution in [3.8, 4) is 0 Å². The van der Waals surface area contributed by atoms with Gasteiger partial charge in [-0.1, -0.05) is 0 Å². The van der Waals surface area contributed by atoms with Gasteiger partial charge in [0.1, 0.15) is 10.7 Å². The fourth-order valence-electron chi connectivity index (χ4n) is 1.82. The van der Waals surface area contributed by atoms with E-state index in [9.17, 15) is 8.42 Å². The van der Waals surface area contributed by atoms with E-state index in [0.717, 1.165) is 6.61 Å². The third-order valence-electron chi connectivity index (χ3n) is 3.35. The van der Waals surface area contributed by atoms with Gasteiger partial charge in [0.2, 0.25) is 10.0 Å². The number of aromatic nitrogens is 1. The first-order chi connectivity index (χ1) is 9.95. The van der Waals surface area contributed by atoms with Crippen molar-refractivity contribution in [2.75, 3.05) is 39.2 Å². The van der Waals surface area contributed by atoms with Crippen molar-refractivity contribution in [1.29, 1.82) is 0 Å². The van der Waals surface area contributed by atoms with Gasteiger partial charge in [0.15, 0.2) is 0 Å². The van der Waals surface area contributed by atoms with E-state index in [2.05, 4.69) is 26.2 Å². The van der Waals surface area contributed by atoms with Gasteiger partial charge in [-0.05, 0) is 40.8 Å². The van der Waals surface area contributed by atoms with Gasteiger partial charge in [0, 0.05) is 37.9 Å². The van der Waals surface area contributed by atoms with Crippen LogP contribution in [0.2, 0.25) is 0 Å². The Morgan fingerprint density at radius 1 is 1.52 bits per heavy atom. The molecule has 0 aromatic carbocycles. The highest BCUT2D eigenvalue weighted by molar-refractivity contribution is 9.10. The largest absolute Gasteiger partial charge is 0.380 e. The van der Waals surface area contributed by atoms with E-state index < -0.39 is 10.0 Å². The highest BCUT2D eigenvalue weighted by atomic mass is 79.9. The maximum atomic E-state index is 12.6. The number of ether oxygens (including phenoxy) is 1. The number of rotatable bonds is 8. The summed E-state index contributed by atoms with van der Waals surface area (Å²) in [5.41, 5.74) is 0. The third kappa shape index (κ3) is 4.38. The fraction of sp³-hybridized carbons (Fsp3) is 0.615. The summed E-state index contributed by atoms with van der Waals surface area (Å²) in [4.78, 5) is 4.23. The summed E-state index contributed by atoms with van der Waals surface area (Å²) in [5, 5.41) is 2.81. The standard InChI is InChI=1S/C13H20BrN3O3S/c1-15-13-12(7-11(14)8-16-13)21(18,19)17(2)5-6-20-9-10-3-4-10/h7-8,10H,3-6,9H2,1-2H3,(H,15,16). The Morgan fingerprint density at radius 2 is 2.24 bits per heavy atom. The maximum absolute atomic E-state index is 12.6. The number of nitrogens with zero attached hydrogens (tertiary/aromatic N) is 2. The molecule has 1 heterocycles. The van der Waals surface area contributed by atoms with Gasteiger partial charge in [0.05, 0.1) is 6.61 Å². The van der Waals surface area contributed by atoms with Crippen molar-refractivity contribution in [3.63, 3.8) is 0 Å². The molecule has 0 unspecified atom stereocenters. The lowest BCUT2D eigenvalue weighted by Gasteiger charge is -2.19. The van der Waals surface area contributed by atoms with E-state index in [1.807, 2.05) is 0 Å². The Morgan fingerprint density at radius 3 is 2.86 bits per heavy atom. The molecule has 0 atom stereocenters. The topological polar surface area (TPSA) is 71.5 Å². The van der Waals surface area contributed by atoms with Crippen molar-refractivity contribution < 1.29 is 13.2 Å². The average Bonchev–Trinajstić information content (AvgIpc) is 3.27. The molecule has 0 saturated heterocycles. The van der Waals surface area contributed by atoms with Crippen LogP contribution in [0.5, 0.6) is 0 Å². The van der Waals surface area contributed by atoms with Crippen LogP contribution >= 0.6 is 15.9 Å². The number of hydrogen-bond donors (Lipinski definition) is 1. The molecule has 6 nitrogen and oxygen atoms in total. The van der Waals surface area contributed by atoms with Gasteiger partial charge >= 0.3 is 0 Å². The van der Waals surface area contributed by atoms with Crippen LogP contribution in [0.25, 0.3) is 0 Å².